The predicted octanol–water partition coefficient (Wildman–Crippen LogP) is -0.625. The Kier molecular flexibility index (Phi) is 2.55. The van der Waals surface area contributed by atoms with E-state index in [9.17, 15) is 30.3 Å². The van der Waals surface area contributed by atoms with Crippen molar-refractivity contribution in [1.29, 1.82) is 0 Å². The van der Waals surface area contributed by atoms with Crippen LogP contribution in [0.4, 0.5) is 17.5 Å². The minimum Gasteiger partial charge on any atom is -0.358 e. The molecule has 0 saturated carbocycles. The van der Waals surface area contributed by atoms with Crippen LogP contribution in [0.25, 0.3) is 5.82 Å². The highest BCUT2D eigenvalue weighted by Gasteiger charge is 2.42. The van der Waals surface area contributed by atoms with Crippen LogP contribution >= 0.6 is 0 Å². The number of nitrogens with zero attached hydrogens (tertiary/aromatic N) is 8. The lowest BCUT2D eigenvalue weighted by molar-refractivity contribution is -0.428. The number of hydrogen-bond acceptors (Lipinski definition) is 11. The van der Waals surface area contributed by atoms with Gasteiger partial charge in [-0.05, 0) is 19.5 Å². The summed E-state index contributed by atoms with van der Waals surface area (Å²) in [4.78, 5) is 28.4. The fourth-order valence-electron chi connectivity index (χ4n) is 1.12. The molecule has 15 nitrogen and oxygen atoms in total. The fraction of sp³-hybridized carbons (Fsp3) is 0. The van der Waals surface area contributed by atoms with E-state index in [1.165, 1.54) is 0 Å². The highest BCUT2D eigenvalue weighted by molar-refractivity contribution is 5.48. The van der Waals surface area contributed by atoms with Gasteiger partial charge in [0, 0.05) is 5.16 Å². The Morgan fingerprint density at radius 2 is 1.58 bits per heavy atom. The molecule has 0 saturated heterocycles. The summed E-state index contributed by atoms with van der Waals surface area (Å²) >= 11 is 0. The lowest BCUT2D eigenvalue weighted by atomic mass is 10.6. The van der Waals surface area contributed by atoms with Crippen molar-refractivity contribution in [3.05, 3.63) is 30.3 Å². The normalized spacial score (nSPS) is 10.3. The van der Waals surface area contributed by atoms with Gasteiger partial charge in [0.05, 0.1) is 0 Å². The molecule has 0 bridgehead atoms. The van der Waals surface area contributed by atoms with Gasteiger partial charge in [-0.15, -0.1) is 4.63 Å². The van der Waals surface area contributed by atoms with Crippen LogP contribution < -0.4 is 0 Å². The molecule has 98 valence electrons. The predicted molar refractivity (Wildman–Crippen MR) is 49.2 cm³/mol. The first kappa shape index (κ1) is 12.0. The molecule has 0 aliphatic heterocycles. The summed E-state index contributed by atoms with van der Waals surface area (Å²) in [6.07, 6.45) is 0. The standard InChI is InChI=1S/C4N8O7/c13-10(14)2-1(6-19-7-2)9-4(12(17)18)3(5-8-9)11(15)16. The molecule has 0 spiro atoms. The van der Waals surface area contributed by atoms with E-state index in [-0.39, 0.29) is 4.68 Å². The second-order valence-corrected chi connectivity index (χ2v) is 2.83. The molecule has 15 heteroatoms. The van der Waals surface area contributed by atoms with E-state index in [4.69, 9.17) is 0 Å². The maximum atomic E-state index is 10.7. The van der Waals surface area contributed by atoms with E-state index in [1.807, 2.05) is 0 Å². The van der Waals surface area contributed by atoms with Gasteiger partial charge in [-0.3, -0.25) is 0 Å². The molecule has 0 atom stereocenters. The molecular formula is C4N8O7. The van der Waals surface area contributed by atoms with Crippen LogP contribution in [0, 0.1) is 30.3 Å². The molecule has 0 N–H and O–H groups in total. The van der Waals surface area contributed by atoms with E-state index in [2.05, 4.69) is 25.3 Å². The van der Waals surface area contributed by atoms with Crippen molar-refractivity contribution in [3.8, 4) is 5.82 Å². The number of rotatable bonds is 4. The van der Waals surface area contributed by atoms with Crippen LogP contribution in [0.5, 0.6) is 0 Å². The molecule has 0 unspecified atom stereocenters. The molecule has 19 heavy (non-hydrogen) atoms. The second kappa shape index (κ2) is 4.05. The molecular weight excluding hydrogens is 272 g/mol. The van der Waals surface area contributed by atoms with Crippen LogP contribution in [0.15, 0.2) is 4.63 Å². The summed E-state index contributed by atoms with van der Waals surface area (Å²) < 4.78 is 4.23. The molecule has 2 rings (SSSR count). The minimum absolute atomic E-state index is 0.187. The first-order valence-corrected chi connectivity index (χ1v) is 4.15. The first-order chi connectivity index (χ1) is 8.93. The van der Waals surface area contributed by atoms with Crippen LogP contribution in [0.1, 0.15) is 0 Å². The quantitative estimate of drug-likeness (QED) is 0.506. The van der Waals surface area contributed by atoms with Crippen molar-refractivity contribution in [2.75, 3.05) is 0 Å². The summed E-state index contributed by atoms with van der Waals surface area (Å²) in [6, 6.07) is 0. The van der Waals surface area contributed by atoms with Crippen molar-refractivity contribution in [3.63, 3.8) is 0 Å². The van der Waals surface area contributed by atoms with Crippen molar-refractivity contribution < 1.29 is 19.4 Å². The zero-order valence-electron chi connectivity index (χ0n) is 8.44. The smallest absolute Gasteiger partial charge is 0.358 e. The Bertz CT molecular complexity index is 685. The fourth-order valence-corrected chi connectivity index (χ4v) is 1.12. The van der Waals surface area contributed by atoms with Gasteiger partial charge in [0.2, 0.25) is 0 Å². The number of aromatic nitrogens is 5. The van der Waals surface area contributed by atoms with E-state index < -0.39 is 38.0 Å². The zero-order valence-corrected chi connectivity index (χ0v) is 8.44. The Balaban J connectivity index is 2.69. The van der Waals surface area contributed by atoms with E-state index in [0.29, 0.717) is 0 Å². The van der Waals surface area contributed by atoms with Gasteiger partial charge in [-0.1, -0.05) is 0 Å². The molecule has 0 aliphatic rings. The molecule has 0 radical (unpaired) electrons. The highest BCUT2D eigenvalue weighted by Crippen LogP contribution is 2.28. The third-order valence-corrected chi connectivity index (χ3v) is 1.80. The molecule has 2 aromatic heterocycles. The van der Waals surface area contributed by atoms with Gasteiger partial charge in [0.1, 0.15) is 5.10 Å². The van der Waals surface area contributed by atoms with E-state index in [0.717, 1.165) is 0 Å². The van der Waals surface area contributed by atoms with Crippen LogP contribution in [0.3, 0.4) is 0 Å². The molecule has 0 aliphatic carbocycles. The average molecular weight is 272 g/mol. The molecule has 2 heterocycles. The monoisotopic (exact) mass is 272 g/mol. The highest BCUT2D eigenvalue weighted by atomic mass is 16.7. The van der Waals surface area contributed by atoms with Crippen molar-refractivity contribution >= 4 is 17.5 Å². The van der Waals surface area contributed by atoms with E-state index in [1.54, 1.807) is 0 Å². The Labute approximate surface area is 99.4 Å². The summed E-state index contributed by atoms with van der Waals surface area (Å²) in [6.45, 7) is 0. The van der Waals surface area contributed by atoms with Gasteiger partial charge < -0.3 is 30.3 Å². The SMILES string of the molecule is O=[N+]([O-])c1nonc1-n1nnc([N+](=O)[O-])c1[N+](=O)[O-]. The Morgan fingerprint density at radius 3 is 2.11 bits per heavy atom. The lowest BCUT2D eigenvalue weighted by Crippen LogP contribution is -2.06. The van der Waals surface area contributed by atoms with Crippen molar-refractivity contribution in [1.82, 2.24) is 25.3 Å². The average Bonchev–Trinajstić information content (AvgIpc) is 2.94. The van der Waals surface area contributed by atoms with Crippen LogP contribution in [-0.2, 0) is 0 Å². The summed E-state index contributed by atoms with van der Waals surface area (Å²) in [7, 11) is 0. The third kappa shape index (κ3) is 1.79. The summed E-state index contributed by atoms with van der Waals surface area (Å²) in [5.41, 5.74) is 0. The Hall–Kier alpha value is -3.52. The Morgan fingerprint density at radius 1 is 0.947 bits per heavy atom. The topological polar surface area (TPSA) is 199 Å². The van der Waals surface area contributed by atoms with Gasteiger partial charge in [0.25, 0.3) is 0 Å². The van der Waals surface area contributed by atoms with Gasteiger partial charge in [-0.25, -0.2) is 0 Å². The minimum atomic E-state index is -1.20. The zero-order chi connectivity index (χ0) is 14.2. The van der Waals surface area contributed by atoms with E-state index >= 15 is 0 Å². The van der Waals surface area contributed by atoms with Crippen LogP contribution in [0.2, 0.25) is 0 Å². The molecule has 0 amide bonds. The largest absolute Gasteiger partial charge is 0.490 e. The van der Waals surface area contributed by atoms with Gasteiger partial charge in [0.15, 0.2) is 10.4 Å². The summed E-state index contributed by atoms with van der Waals surface area (Å²) in [5.74, 6) is -4.19. The third-order valence-electron chi connectivity index (χ3n) is 1.80. The summed E-state index contributed by atoms with van der Waals surface area (Å²) in [5, 5.41) is 43.7. The maximum absolute atomic E-state index is 10.7. The second-order valence-electron chi connectivity index (χ2n) is 2.83. The molecule has 2 aromatic rings. The van der Waals surface area contributed by atoms with Crippen molar-refractivity contribution in [2.45, 2.75) is 0 Å². The molecule has 0 fully saturated rings. The number of hydrogen-bond donors (Lipinski definition) is 0. The van der Waals surface area contributed by atoms with Gasteiger partial charge >= 0.3 is 23.3 Å². The first-order valence-electron chi connectivity index (χ1n) is 4.15. The van der Waals surface area contributed by atoms with Crippen molar-refractivity contribution in [2.24, 2.45) is 0 Å². The number of nitro groups is 3. The van der Waals surface area contributed by atoms with Crippen LogP contribution in [-0.4, -0.2) is 40.1 Å². The molecule has 0 aromatic carbocycles. The van der Waals surface area contributed by atoms with Gasteiger partial charge in [-0.2, -0.15) is 0 Å². The maximum Gasteiger partial charge on any atom is 0.490 e. The lowest BCUT2D eigenvalue weighted by Gasteiger charge is -1.92.